The summed E-state index contributed by atoms with van der Waals surface area (Å²) in [7, 11) is 1.87. The molecule has 0 amide bonds. The Bertz CT molecular complexity index is 390. The number of hydrogen-bond acceptors (Lipinski definition) is 3. The predicted molar refractivity (Wildman–Crippen MR) is 87.9 cm³/mol. The van der Waals surface area contributed by atoms with Gasteiger partial charge in [0.05, 0.1) is 10.4 Å². The molecule has 0 aliphatic heterocycles. The van der Waals surface area contributed by atoms with Crippen molar-refractivity contribution in [3.63, 3.8) is 0 Å². The molecule has 2 rings (SSSR count). The number of likely N-dealkylation sites (N-methyl/N-ethyl adjacent to an activating group) is 1. The smallest absolute Gasteiger partial charge is 0.0931 e. The zero-order valence-electron chi connectivity index (χ0n) is 12.5. The third kappa shape index (κ3) is 4.45. The largest absolute Gasteiger partial charge is 0.380 e. The van der Waals surface area contributed by atoms with Crippen LogP contribution in [0.3, 0.4) is 0 Å². The van der Waals surface area contributed by atoms with Gasteiger partial charge in [-0.2, -0.15) is 0 Å². The van der Waals surface area contributed by atoms with Crippen molar-refractivity contribution >= 4 is 22.9 Å². The highest BCUT2D eigenvalue weighted by Crippen LogP contribution is 2.31. The molecule has 114 valence electrons. The second-order valence-corrected chi connectivity index (χ2v) is 7.47. The van der Waals surface area contributed by atoms with Crippen LogP contribution >= 0.6 is 22.9 Å². The average Bonchev–Trinajstić information content (AvgIpc) is 2.86. The molecule has 1 aliphatic carbocycles. The van der Waals surface area contributed by atoms with Crippen molar-refractivity contribution < 1.29 is 4.74 Å². The first-order chi connectivity index (χ1) is 9.74. The molecular formula is C16H26ClNOS. The first-order valence-electron chi connectivity index (χ1n) is 7.75. The Labute approximate surface area is 131 Å². The van der Waals surface area contributed by atoms with Gasteiger partial charge in [0.15, 0.2) is 0 Å². The van der Waals surface area contributed by atoms with Crippen molar-refractivity contribution in [1.29, 1.82) is 0 Å². The number of rotatable bonds is 7. The molecule has 0 aromatic carbocycles. The van der Waals surface area contributed by atoms with E-state index in [0.29, 0.717) is 18.1 Å². The first kappa shape index (κ1) is 16.3. The highest BCUT2D eigenvalue weighted by atomic mass is 35.5. The maximum Gasteiger partial charge on any atom is 0.0931 e. The third-order valence-electron chi connectivity index (χ3n) is 4.30. The van der Waals surface area contributed by atoms with E-state index in [2.05, 4.69) is 18.3 Å². The second kappa shape index (κ2) is 8.38. The average molecular weight is 316 g/mol. The lowest BCUT2D eigenvalue weighted by molar-refractivity contribution is 0.00887. The summed E-state index contributed by atoms with van der Waals surface area (Å²) in [5.74, 6) is 0.702. The fourth-order valence-corrected chi connectivity index (χ4v) is 4.54. The van der Waals surface area contributed by atoms with Gasteiger partial charge in [0.25, 0.3) is 0 Å². The normalized spacial score (nSPS) is 19.9. The number of hydrogen-bond donors (Lipinski definition) is 1. The van der Waals surface area contributed by atoms with E-state index in [1.807, 2.05) is 13.2 Å². The van der Waals surface area contributed by atoms with Gasteiger partial charge in [-0.1, -0.05) is 37.8 Å². The summed E-state index contributed by atoms with van der Waals surface area (Å²) in [6.07, 6.45) is 8.05. The maximum atomic E-state index is 6.05. The van der Waals surface area contributed by atoms with Crippen LogP contribution in [0.15, 0.2) is 12.1 Å². The first-order valence-corrected chi connectivity index (χ1v) is 8.94. The number of nitrogens with one attached hydrogen (secondary N) is 1. The van der Waals surface area contributed by atoms with E-state index in [-0.39, 0.29) is 0 Å². The van der Waals surface area contributed by atoms with Crippen molar-refractivity contribution in [2.45, 2.75) is 57.6 Å². The minimum absolute atomic E-state index is 0.316. The van der Waals surface area contributed by atoms with E-state index in [4.69, 9.17) is 16.3 Å². The monoisotopic (exact) mass is 315 g/mol. The predicted octanol–water partition coefficient (Wildman–Crippen LogP) is 4.52. The molecule has 1 saturated carbocycles. The summed E-state index contributed by atoms with van der Waals surface area (Å²) >= 11 is 7.74. The summed E-state index contributed by atoms with van der Waals surface area (Å²) < 4.78 is 6.77. The van der Waals surface area contributed by atoms with Gasteiger partial charge in [0.1, 0.15) is 0 Å². The molecular weight excluding hydrogens is 290 g/mol. The Morgan fingerprint density at radius 3 is 2.65 bits per heavy atom. The second-order valence-electron chi connectivity index (χ2n) is 5.67. The Morgan fingerprint density at radius 2 is 2.10 bits per heavy atom. The van der Waals surface area contributed by atoms with Gasteiger partial charge in [-0.05, 0) is 43.9 Å². The molecule has 0 bridgehead atoms. The molecule has 1 heterocycles. The van der Waals surface area contributed by atoms with Crippen LogP contribution in [-0.4, -0.2) is 25.8 Å². The Hall–Kier alpha value is -0.0900. The van der Waals surface area contributed by atoms with E-state index in [1.165, 1.54) is 37.0 Å². The zero-order chi connectivity index (χ0) is 14.4. The highest BCUT2D eigenvalue weighted by Gasteiger charge is 2.30. The van der Waals surface area contributed by atoms with Gasteiger partial charge in [0, 0.05) is 18.0 Å². The summed E-state index contributed by atoms with van der Waals surface area (Å²) in [5, 5.41) is 3.63. The molecule has 0 radical (unpaired) electrons. The van der Waals surface area contributed by atoms with Crippen LogP contribution in [0.1, 0.15) is 43.9 Å². The van der Waals surface area contributed by atoms with Crippen LogP contribution in [0.25, 0.3) is 0 Å². The van der Waals surface area contributed by atoms with E-state index in [1.54, 1.807) is 11.3 Å². The van der Waals surface area contributed by atoms with Crippen LogP contribution in [0.5, 0.6) is 0 Å². The Balaban J connectivity index is 2.03. The molecule has 1 fully saturated rings. The van der Waals surface area contributed by atoms with Crippen molar-refractivity contribution in [2.24, 2.45) is 5.92 Å². The van der Waals surface area contributed by atoms with E-state index >= 15 is 0 Å². The maximum absolute atomic E-state index is 6.05. The van der Waals surface area contributed by atoms with Crippen LogP contribution in [0.4, 0.5) is 0 Å². The lowest BCUT2D eigenvalue weighted by Crippen LogP contribution is -2.46. The van der Waals surface area contributed by atoms with E-state index in [9.17, 15) is 0 Å². The number of halogens is 1. The lowest BCUT2D eigenvalue weighted by Gasteiger charge is -2.35. The van der Waals surface area contributed by atoms with Gasteiger partial charge in [-0.3, -0.25) is 0 Å². The molecule has 0 spiro atoms. The highest BCUT2D eigenvalue weighted by molar-refractivity contribution is 7.16. The molecule has 2 atom stereocenters. The molecule has 20 heavy (non-hydrogen) atoms. The van der Waals surface area contributed by atoms with Crippen molar-refractivity contribution in [1.82, 2.24) is 5.32 Å². The van der Waals surface area contributed by atoms with Gasteiger partial charge in [-0.25, -0.2) is 0 Å². The van der Waals surface area contributed by atoms with Crippen LogP contribution in [0, 0.1) is 5.92 Å². The fraction of sp³-hybridized carbons (Fsp3) is 0.750. The number of thiophene rings is 1. The van der Waals surface area contributed by atoms with Gasteiger partial charge < -0.3 is 10.1 Å². The van der Waals surface area contributed by atoms with E-state index < -0.39 is 0 Å². The molecule has 0 saturated heterocycles. The fourth-order valence-electron chi connectivity index (χ4n) is 3.39. The minimum Gasteiger partial charge on any atom is -0.380 e. The van der Waals surface area contributed by atoms with Gasteiger partial charge >= 0.3 is 0 Å². The van der Waals surface area contributed by atoms with Crippen molar-refractivity contribution in [2.75, 3.05) is 13.7 Å². The topological polar surface area (TPSA) is 21.3 Å². The van der Waals surface area contributed by atoms with Gasteiger partial charge in [-0.15, -0.1) is 11.3 Å². The Kier molecular flexibility index (Phi) is 6.82. The van der Waals surface area contributed by atoms with Crippen molar-refractivity contribution in [3.05, 3.63) is 21.3 Å². The summed E-state index contributed by atoms with van der Waals surface area (Å²) in [6, 6.07) is 4.53. The molecule has 1 aromatic rings. The van der Waals surface area contributed by atoms with Crippen LogP contribution in [-0.2, 0) is 11.2 Å². The molecule has 1 aromatic heterocycles. The van der Waals surface area contributed by atoms with E-state index in [0.717, 1.165) is 17.3 Å². The number of methoxy groups -OCH3 is 1. The molecule has 1 aliphatic rings. The summed E-state index contributed by atoms with van der Waals surface area (Å²) in [4.78, 5) is 1.35. The van der Waals surface area contributed by atoms with Crippen LogP contribution < -0.4 is 5.32 Å². The molecule has 2 unspecified atom stereocenters. The quantitative estimate of drug-likeness (QED) is 0.799. The standard InChI is InChI=1S/C16H26ClNOS/c1-3-18-14(11-13-9-10-15(17)20-13)16(19-2)12-7-5-4-6-8-12/h9-10,12,14,16,18H,3-8,11H2,1-2H3. The SMILES string of the molecule is CCNC(Cc1ccc(Cl)s1)C(OC)C1CCCCC1. The lowest BCUT2D eigenvalue weighted by atomic mass is 9.81. The molecule has 1 N–H and O–H groups in total. The zero-order valence-corrected chi connectivity index (χ0v) is 14.1. The van der Waals surface area contributed by atoms with Gasteiger partial charge in [0.2, 0.25) is 0 Å². The molecule has 2 nitrogen and oxygen atoms in total. The van der Waals surface area contributed by atoms with Crippen LogP contribution in [0.2, 0.25) is 4.34 Å². The third-order valence-corrected chi connectivity index (χ3v) is 5.55. The number of ether oxygens (including phenoxy) is 1. The minimum atomic E-state index is 0.316. The summed E-state index contributed by atoms with van der Waals surface area (Å²) in [5.41, 5.74) is 0. The Morgan fingerprint density at radius 1 is 1.35 bits per heavy atom. The van der Waals surface area contributed by atoms with Crippen molar-refractivity contribution in [3.8, 4) is 0 Å². The summed E-state index contributed by atoms with van der Waals surface area (Å²) in [6.45, 7) is 3.15. The molecule has 4 heteroatoms.